The summed E-state index contributed by atoms with van der Waals surface area (Å²) in [5, 5.41) is 21.7. The third-order valence-electron chi connectivity index (χ3n) is 3.32. The van der Waals surface area contributed by atoms with Gasteiger partial charge in [0.1, 0.15) is 6.04 Å². The Kier molecular flexibility index (Phi) is 6.84. The van der Waals surface area contributed by atoms with Crippen molar-refractivity contribution in [1.29, 1.82) is 5.41 Å². The second-order valence-corrected chi connectivity index (χ2v) is 5.22. The van der Waals surface area contributed by atoms with Crippen molar-refractivity contribution in [2.45, 2.75) is 31.7 Å². The van der Waals surface area contributed by atoms with Crippen LogP contribution in [0.3, 0.4) is 0 Å². The Morgan fingerprint density at radius 1 is 1.55 bits per heavy atom. The zero-order valence-electron chi connectivity index (χ0n) is 12.3. The van der Waals surface area contributed by atoms with Crippen LogP contribution >= 0.6 is 11.6 Å². The van der Waals surface area contributed by atoms with Crippen molar-refractivity contribution in [3.05, 3.63) is 33.7 Å². The fraction of sp³-hybridized carbons (Fsp3) is 0.538. The van der Waals surface area contributed by atoms with Gasteiger partial charge in [0, 0.05) is 6.54 Å². The van der Waals surface area contributed by atoms with Gasteiger partial charge in [-0.15, -0.1) is 0 Å². The monoisotopic (exact) mass is 330 g/mol. The molecule has 122 valence electrons. The number of esters is 1. The summed E-state index contributed by atoms with van der Waals surface area (Å²) in [6.45, 7) is 3.74. The third-order valence-corrected chi connectivity index (χ3v) is 3.43. The first kappa shape index (κ1) is 18.0. The average Bonchev–Trinajstić information content (AvgIpc) is 2.71. The van der Waals surface area contributed by atoms with E-state index in [4.69, 9.17) is 21.7 Å². The van der Waals surface area contributed by atoms with Crippen LogP contribution in [-0.2, 0) is 9.53 Å². The van der Waals surface area contributed by atoms with Gasteiger partial charge in [0.2, 0.25) is 5.84 Å². The second-order valence-electron chi connectivity index (χ2n) is 4.77. The first-order valence-corrected chi connectivity index (χ1v) is 7.15. The Bertz CT molecular complexity index is 506. The van der Waals surface area contributed by atoms with E-state index in [1.54, 1.807) is 0 Å². The number of amidine groups is 1. The largest absolute Gasteiger partial charge is 0.467 e. The average molecular weight is 331 g/mol. The number of carbonyl (C=O) groups excluding carboxylic acids is 1. The van der Waals surface area contributed by atoms with Crippen molar-refractivity contribution in [3.63, 3.8) is 0 Å². The molecular formula is C13H19ClN4O4. The Balaban J connectivity index is 3.06. The molecule has 1 rings (SSSR count). The van der Waals surface area contributed by atoms with Gasteiger partial charge in [-0.25, -0.2) is 4.79 Å². The SMILES string of the molecule is C=C(Cl)NC=C(C(=N)N1CCCCCC1C(=O)OC)[N+](=O)[O-]. The molecule has 1 aliphatic rings. The fourth-order valence-electron chi connectivity index (χ4n) is 2.26. The molecule has 1 heterocycles. The number of likely N-dealkylation sites (tertiary alicyclic amines) is 1. The van der Waals surface area contributed by atoms with E-state index in [0.717, 1.165) is 25.5 Å². The number of nitrogens with one attached hydrogen (secondary N) is 2. The minimum atomic E-state index is -0.700. The van der Waals surface area contributed by atoms with Crippen LogP contribution in [0.1, 0.15) is 25.7 Å². The van der Waals surface area contributed by atoms with Gasteiger partial charge >= 0.3 is 11.7 Å². The Morgan fingerprint density at radius 3 is 2.77 bits per heavy atom. The summed E-state index contributed by atoms with van der Waals surface area (Å²) in [6, 6.07) is -0.692. The molecule has 2 N–H and O–H groups in total. The van der Waals surface area contributed by atoms with Crippen LogP contribution in [-0.4, -0.2) is 41.3 Å². The number of halogens is 1. The van der Waals surface area contributed by atoms with Crippen LogP contribution in [0.15, 0.2) is 23.6 Å². The summed E-state index contributed by atoms with van der Waals surface area (Å²) in [4.78, 5) is 23.8. The van der Waals surface area contributed by atoms with E-state index >= 15 is 0 Å². The summed E-state index contributed by atoms with van der Waals surface area (Å²) in [7, 11) is 1.26. The number of methoxy groups -OCH3 is 1. The number of hydrogen-bond donors (Lipinski definition) is 2. The highest BCUT2D eigenvalue weighted by molar-refractivity contribution is 6.28. The normalized spacial score (nSPS) is 19.1. The summed E-state index contributed by atoms with van der Waals surface area (Å²) in [5.74, 6) is -0.850. The first-order chi connectivity index (χ1) is 10.4. The molecule has 8 nitrogen and oxygen atoms in total. The standard InChI is InChI=1S/C13H19ClN4O4/c1-9(14)16-8-11(18(20)21)12(15)17-7-5-3-4-6-10(17)13(19)22-2/h8,10,15-16H,1,3-7H2,2H3. The van der Waals surface area contributed by atoms with Crippen molar-refractivity contribution in [3.8, 4) is 0 Å². The third kappa shape index (κ3) is 4.73. The van der Waals surface area contributed by atoms with Gasteiger partial charge < -0.3 is 15.0 Å². The van der Waals surface area contributed by atoms with Crippen LogP contribution in [0.2, 0.25) is 0 Å². The molecular weight excluding hydrogens is 312 g/mol. The van der Waals surface area contributed by atoms with Crippen molar-refractivity contribution in [2.24, 2.45) is 0 Å². The predicted molar refractivity (Wildman–Crippen MR) is 81.9 cm³/mol. The summed E-state index contributed by atoms with van der Waals surface area (Å²) < 4.78 is 4.75. The van der Waals surface area contributed by atoms with E-state index in [1.807, 2.05) is 0 Å². The quantitative estimate of drug-likeness (QED) is 0.199. The number of nitro groups is 1. The Labute approximate surface area is 133 Å². The molecule has 0 aliphatic carbocycles. The van der Waals surface area contributed by atoms with Gasteiger partial charge in [0.15, 0.2) is 0 Å². The molecule has 22 heavy (non-hydrogen) atoms. The zero-order valence-corrected chi connectivity index (χ0v) is 13.1. The number of rotatable bonds is 5. The van der Waals surface area contributed by atoms with Crippen LogP contribution in [0.5, 0.6) is 0 Å². The highest BCUT2D eigenvalue weighted by Gasteiger charge is 2.34. The van der Waals surface area contributed by atoms with E-state index in [1.165, 1.54) is 12.0 Å². The minimum Gasteiger partial charge on any atom is -0.467 e. The van der Waals surface area contributed by atoms with Gasteiger partial charge in [-0.2, -0.15) is 0 Å². The highest BCUT2D eigenvalue weighted by atomic mass is 35.5. The molecule has 1 unspecified atom stereocenters. The van der Waals surface area contributed by atoms with Crippen LogP contribution in [0, 0.1) is 15.5 Å². The first-order valence-electron chi connectivity index (χ1n) is 6.77. The maximum Gasteiger partial charge on any atom is 0.328 e. The maximum absolute atomic E-state index is 11.9. The predicted octanol–water partition coefficient (Wildman–Crippen LogP) is 1.80. The van der Waals surface area contributed by atoms with E-state index in [0.29, 0.717) is 13.0 Å². The van der Waals surface area contributed by atoms with Crippen LogP contribution in [0.4, 0.5) is 0 Å². The Hall–Kier alpha value is -2.09. The molecule has 0 aromatic heterocycles. The second kappa shape index (κ2) is 8.38. The molecule has 9 heteroatoms. The number of ether oxygens (including phenoxy) is 1. The molecule has 0 bridgehead atoms. The number of carbonyl (C=O) groups is 1. The highest BCUT2D eigenvalue weighted by Crippen LogP contribution is 2.20. The molecule has 0 saturated carbocycles. The van der Waals surface area contributed by atoms with Gasteiger partial charge in [-0.1, -0.05) is 31.0 Å². The molecule has 1 aliphatic heterocycles. The minimum absolute atomic E-state index is 0.00691. The van der Waals surface area contributed by atoms with Gasteiger partial charge in [-0.05, 0) is 12.8 Å². The van der Waals surface area contributed by atoms with E-state index in [9.17, 15) is 14.9 Å². The fourth-order valence-corrected chi connectivity index (χ4v) is 2.31. The van der Waals surface area contributed by atoms with Gasteiger partial charge in [0.25, 0.3) is 0 Å². The summed E-state index contributed by atoms with van der Waals surface area (Å²) in [6.07, 6.45) is 3.94. The van der Waals surface area contributed by atoms with E-state index in [-0.39, 0.29) is 11.0 Å². The molecule has 1 atom stereocenters. The van der Waals surface area contributed by atoms with E-state index < -0.39 is 22.6 Å². The maximum atomic E-state index is 11.9. The molecule has 0 aromatic rings. The molecule has 1 saturated heterocycles. The molecule has 1 fully saturated rings. The zero-order chi connectivity index (χ0) is 16.7. The molecule has 0 amide bonds. The molecule has 0 spiro atoms. The molecule has 0 radical (unpaired) electrons. The summed E-state index contributed by atoms with van der Waals surface area (Å²) in [5.41, 5.74) is -0.488. The Morgan fingerprint density at radius 2 is 2.23 bits per heavy atom. The lowest BCUT2D eigenvalue weighted by molar-refractivity contribution is -0.416. The van der Waals surface area contributed by atoms with Crippen molar-refractivity contribution in [1.82, 2.24) is 10.2 Å². The van der Waals surface area contributed by atoms with Crippen molar-refractivity contribution >= 4 is 23.4 Å². The van der Waals surface area contributed by atoms with Gasteiger partial charge in [0.05, 0.1) is 23.4 Å². The van der Waals surface area contributed by atoms with Crippen LogP contribution < -0.4 is 5.32 Å². The topological polar surface area (TPSA) is 109 Å². The van der Waals surface area contributed by atoms with Crippen molar-refractivity contribution < 1.29 is 14.5 Å². The lowest BCUT2D eigenvalue weighted by Crippen LogP contribution is -2.46. The number of hydrogen-bond acceptors (Lipinski definition) is 6. The van der Waals surface area contributed by atoms with Crippen LogP contribution in [0.25, 0.3) is 0 Å². The summed E-state index contributed by atoms with van der Waals surface area (Å²) >= 11 is 5.51. The van der Waals surface area contributed by atoms with E-state index in [2.05, 4.69) is 11.9 Å². The molecule has 0 aromatic carbocycles. The lowest BCUT2D eigenvalue weighted by Gasteiger charge is -2.28. The lowest BCUT2D eigenvalue weighted by atomic mass is 10.1. The van der Waals surface area contributed by atoms with Gasteiger partial charge in [-0.3, -0.25) is 15.5 Å². The smallest absolute Gasteiger partial charge is 0.328 e. The van der Waals surface area contributed by atoms with Crippen molar-refractivity contribution in [2.75, 3.05) is 13.7 Å². The number of nitrogens with zero attached hydrogens (tertiary/aromatic N) is 2.